The molecular weight excluding hydrogens is 443 g/mol. The van der Waals surface area contributed by atoms with Crippen LogP contribution in [0.5, 0.6) is 5.75 Å². The van der Waals surface area contributed by atoms with Crippen LogP contribution in [0, 0.1) is 20.8 Å². The smallest absolute Gasteiger partial charge is 0.122 e. The number of ether oxygens (including phenoxy) is 1. The SMILES string of the molecule is CCOc1cc(C)c(C[P+](c2ccccc2)(c2ccccc2)c2ccccc2)c(C)c1C.[Cl-]. The predicted octanol–water partition coefficient (Wildman–Crippen LogP) is 3.51. The summed E-state index contributed by atoms with van der Waals surface area (Å²) in [6, 6.07) is 35.6. The van der Waals surface area contributed by atoms with E-state index in [1.807, 2.05) is 0 Å². The minimum Gasteiger partial charge on any atom is -1.00 e. The van der Waals surface area contributed by atoms with Crippen molar-refractivity contribution >= 4 is 23.2 Å². The fourth-order valence-corrected chi connectivity index (χ4v) is 9.10. The summed E-state index contributed by atoms with van der Waals surface area (Å²) in [5.41, 5.74) is 5.35. The van der Waals surface area contributed by atoms with Crippen molar-refractivity contribution in [3.05, 3.63) is 119 Å². The van der Waals surface area contributed by atoms with E-state index in [4.69, 9.17) is 4.74 Å². The third kappa shape index (κ3) is 4.86. The third-order valence-corrected chi connectivity index (χ3v) is 10.8. The third-order valence-electron chi connectivity index (χ3n) is 6.49. The number of rotatable bonds is 7. The first-order chi connectivity index (χ1) is 15.6. The van der Waals surface area contributed by atoms with E-state index in [2.05, 4.69) is 125 Å². The largest absolute Gasteiger partial charge is 1.00 e. The second-order valence-corrected chi connectivity index (χ2v) is 11.8. The van der Waals surface area contributed by atoms with Gasteiger partial charge < -0.3 is 17.1 Å². The topological polar surface area (TPSA) is 9.23 Å². The molecule has 0 saturated carbocycles. The molecule has 33 heavy (non-hydrogen) atoms. The summed E-state index contributed by atoms with van der Waals surface area (Å²) in [5.74, 6) is 1.01. The zero-order valence-electron chi connectivity index (χ0n) is 19.9. The Hall–Kier alpha value is -2.60. The molecule has 0 aliphatic heterocycles. The van der Waals surface area contributed by atoms with Gasteiger partial charge in [0, 0.05) is 0 Å². The molecule has 0 fully saturated rings. The van der Waals surface area contributed by atoms with Crippen LogP contribution in [0.15, 0.2) is 97.1 Å². The van der Waals surface area contributed by atoms with Gasteiger partial charge in [-0.15, -0.1) is 0 Å². The van der Waals surface area contributed by atoms with E-state index in [0.717, 1.165) is 11.9 Å². The van der Waals surface area contributed by atoms with Crippen LogP contribution in [0.4, 0.5) is 0 Å². The minimum absolute atomic E-state index is 0. The Balaban J connectivity index is 0.00000306. The molecule has 0 aliphatic carbocycles. The molecule has 0 amide bonds. The molecule has 0 aliphatic rings. The van der Waals surface area contributed by atoms with Gasteiger partial charge in [-0.05, 0) is 92.4 Å². The molecule has 0 radical (unpaired) electrons. The second kappa shape index (κ2) is 11.0. The highest BCUT2D eigenvalue weighted by Gasteiger charge is 2.46. The molecule has 0 bridgehead atoms. The summed E-state index contributed by atoms with van der Waals surface area (Å²) in [6.45, 7) is 9.43. The van der Waals surface area contributed by atoms with Gasteiger partial charge in [0.15, 0.2) is 0 Å². The molecule has 0 aromatic heterocycles. The van der Waals surface area contributed by atoms with E-state index in [9.17, 15) is 0 Å². The summed E-state index contributed by atoms with van der Waals surface area (Å²) in [4.78, 5) is 0. The van der Waals surface area contributed by atoms with Crippen LogP contribution in [-0.4, -0.2) is 6.61 Å². The molecule has 4 aromatic rings. The highest BCUT2D eigenvalue weighted by Crippen LogP contribution is 2.59. The van der Waals surface area contributed by atoms with Crippen molar-refractivity contribution in [2.75, 3.05) is 6.61 Å². The van der Waals surface area contributed by atoms with Gasteiger partial charge in [0.2, 0.25) is 0 Å². The van der Waals surface area contributed by atoms with Crippen LogP contribution in [-0.2, 0) is 6.16 Å². The lowest BCUT2D eigenvalue weighted by atomic mass is 9.98. The molecule has 3 heteroatoms. The van der Waals surface area contributed by atoms with Crippen molar-refractivity contribution < 1.29 is 17.1 Å². The van der Waals surface area contributed by atoms with Gasteiger partial charge in [-0.25, -0.2) is 0 Å². The van der Waals surface area contributed by atoms with Crippen LogP contribution >= 0.6 is 7.26 Å². The lowest BCUT2D eigenvalue weighted by Crippen LogP contribution is -3.00. The van der Waals surface area contributed by atoms with Crippen LogP contribution in [0.25, 0.3) is 0 Å². The summed E-state index contributed by atoms with van der Waals surface area (Å²) in [6.07, 6.45) is 0.996. The molecular formula is C30H32ClOP. The molecule has 1 nitrogen and oxygen atoms in total. The van der Waals surface area contributed by atoms with Gasteiger partial charge in [0.1, 0.15) is 28.9 Å². The molecule has 4 aromatic carbocycles. The maximum atomic E-state index is 5.95. The van der Waals surface area contributed by atoms with Gasteiger partial charge in [0.05, 0.1) is 12.8 Å². The van der Waals surface area contributed by atoms with E-state index in [1.165, 1.54) is 38.2 Å². The average Bonchev–Trinajstić information content (AvgIpc) is 2.84. The standard InChI is InChI=1S/C30H32OP.ClH/c1-5-31-30-21-23(2)29(24(3)25(30)4)22-32(26-15-9-6-10-16-26,27-17-11-7-12-18-27)28-19-13-8-14-20-28;/h6-21H,5,22H2,1-4H3;1H/q+1;/p-1. The maximum absolute atomic E-state index is 5.95. The first-order valence-corrected chi connectivity index (χ1v) is 13.3. The Morgan fingerprint density at radius 2 is 1.06 bits per heavy atom. The van der Waals surface area contributed by atoms with Crippen molar-refractivity contribution in [1.82, 2.24) is 0 Å². The van der Waals surface area contributed by atoms with E-state index >= 15 is 0 Å². The zero-order valence-corrected chi connectivity index (χ0v) is 21.5. The fraction of sp³-hybridized carbons (Fsp3) is 0.200. The van der Waals surface area contributed by atoms with Crippen molar-refractivity contribution in [3.63, 3.8) is 0 Å². The van der Waals surface area contributed by atoms with Crippen molar-refractivity contribution in [2.45, 2.75) is 33.9 Å². The van der Waals surface area contributed by atoms with Gasteiger partial charge in [0.25, 0.3) is 0 Å². The quantitative estimate of drug-likeness (QED) is 0.372. The van der Waals surface area contributed by atoms with Crippen LogP contribution in [0.3, 0.4) is 0 Å². The van der Waals surface area contributed by atoms with Gasteiger partial charge >= 0.3 is 0 Å². The first-order valence-electron chi connectivity index (χ1n) is 11.3. The first kappa shape index (κ1) is 25.0. The number of hydrogen-bond donors (Lipinski definition) is 0. The molecule has 0 heterocycles. The zero-order chi connectivity index (χ0) is 22.6. The van der Waals surface area contributed by atoms with Crippen LogP contribution in [0.1, 0.15) is 29.2 Å². The number of aryl methyl sites for hydroxylation is 1. The monoisotopic (exact) mass is 474 g/mol. The van der Waals surface area contributed by atoms with Gasteiger partial charge in [-0.2, -0.15) is 0 Å². The second-order valence-electron chi connectivity index (χ2n) is 8.33. The van der Waals surface area contributed by atoms with E-state index < -0.39 is 7.26 Å². The van der Waals surface area contributed by atoms with Crippen molar-refractivity contribution in [2.24, 2.45) is 0 Å². The minimum atomic E-state index is -1.92. The Bertz CT molecular complexity index is 1080. The predicted molar refractivity (Wildman–Crippen MR) is 141 cm³/mol. The van der Waals surface area contributed by atoms with E-state index in [0.29, 0.717) is 6.61 Å². The van der Waals surface area contributed by atoms with E-state index in [-0.39, 0.29) is 12.4 Å². The molecule has 0 atom stereocenters. The Kier molecular flexibility index (Phi) is 8.35. The molecule has 0 saturated heterocycles. The van der Waals surface area contributed by atoms with E-state index in [1.54, 1.807) is 0 Å². The van der Waals surface area contributed by atoms with Crippen molar-refractivity contribution in [1.29, 1.82) is 0 Å². The number of benzene rings is 4. The number of hydrogen-bond acceptors (Lipinski definition) is 1. The lowest BCUT2D eigenvalue weighted by Gasteiger charge is -2.29. The Morgan fingerprint density at radius 3 is 1.45 bits per heavy atom. The Morgan fingerprint density at radius 1 is 0.636 bits per heavy atom. The highest BCUT2D eigenvalue weighted by atomic mass is 35.5. The maximum Gasteiger partial charge on any atom is 0.122 e. The number of halogens is 1. The average molecular weight is 475 g/mol. The van der Waals surface area contributed by atoms with Gasteiger partial charge in [-0.1, -0.05) is 54.6 Å². The normalized spacial score (nSPS) is 11.0. The molecule has 0 unspecified atom stereocenters. The van der Waals surface area contributed by atoms with Crippen molar-refractivity contribution in [3.8, 4) is 5.75 Å². The molecule has 0 N–H and O–H groups in total. The summed E-state index contributed by atoms with van der Waals surface area (Å²) in [5, 5.41) is 4.26. The molecule has 0 spiro atoms. The molecule has 170 valence electrons. The lowest BCUT2D eigenvalue weighted by molar-refractivity contribution is -0.00000704. The summed E-state index contributed by atoms with van der Waals surface area (Å²) in [7, 11) is -1.92. The van der Waals surface area contributed by atoms with Gasteiger partial charge in [-0.3, -0.25) is 0 Å². The molecule has 4 rings (SSSR count). The summed E-state index contributed by atoms with van der Waals surface area (Å²) < 4.78 is 5.95. The van der Waals surface area contributed by atoms with Crippen LogP contribution in [0.2, 0.25) is 0 Å². The highest BCUT2D eigenvalue weighted by molar-refractivity contribution is 7.95. The summed E-state index contributed by atoms with van der Waals surface area (Å²) >= 11 is 0. The Labute approximate surface area is 205 Å². The van der Waals surface area contributed by atoms with Crippen LogP contribution < -0.4 is 33.1 Å². The fourth-order valence-electron chi connectivity index (χ4n) is 4.65.